The molecule has 16 nitrogen and oxygen atoms in total. The van der Waals surface area contributed by atoms with Crippen molar-refractivity contribution in [2.75, 3.05) is 27.4 Å². The van der Waals surface area contributed by atoms with Crippen LogP contribution in [0.4, 0.5) is 31.1 Å². The monoisotopic (exact) mass is 906 g/mol. The van der Waals surface area contributed by atoms with Crippen LogP contribution < -0.4 is 24.8 Å². The number of aromatic nitrogens is 2. The van der Waals surface area contributed by atoms with Crippen LogP contribution in [0.15, 0.2) is 30.4 Å². The van der Waals surface area contributed by atoms with Gasteiger partial charge in [-0.1, -0.05) is 19.1 Å². The fraction of sp³-hybridized carbons (Fsp3) is 0.641. The molecular formula is C39H48F6N6O10S. The average Bonchev–Trinajstić information content (AvgIpc) is 4.10. The Hall–Kier alpha value is -4.93. The maximum atomic E-state index is 14.9. The highest BCUT2D eigenvalue weighted by atomic mass is 32.2. The van der Waals surface area contributed by atoms with Crippen LogP contribution in [-0.4, -0.2) is 115 Å². The van der Waals surface area contributed by atoms with Crippen molar-refractivity contribution in [3.63, 3.8) is 0 Å². The van der Waals surface area contributed by atoms with Gasteiger partial charge in [-0.2, -0.15) is 26.3 Å². The number of allylic oxidation sites excluding steroid dienone is 1. The molecule has 0 unspecified atom stereocenters. The number of rotatable bonds is 10. The summed E-state index contributed by atoms with van der Waals surface area (Å²) in [7, 11) is -1.48. The minimum atomic E-state index is -5.11. The highest BCUT2D eigenvalue weighted by Gasteiger charge is 2.62. The first-order valence-electron chi connectivity index (χ1n) is 19.9. The molecule has 7 atom stereocenters. The van der Waals surface area contributed by atoms with E-state index in [2.05, 4.69) is 25.3 Å². The second kappa shape index (κ2) is 17.3. The normalized spacial score (nSPS) is 28.1. The molecule has 1 aromatic carbocycles. The lowest BCUT2D eigenvalue weighted by molar-refractivity contribution is -0.244. The summed E-state index contributed by atoms with van der Waals surface area (Å²) in [5.74, 6) is -5.77. The summed E-state index contributed by atoms with van der Waals surface area (Å²) in [4.78, 5) is 65.1. The van der Waals surface area contributed by atoms with Crippen molar-refractivity contribution in [2.45, 2.75) is 113 Å². The lowest BCUT2D eigenvalue weighted by atomic mass is 9.87. The number of halogens is 6. The highest BCUT2D eigenvalue weighted by Crippen LogP contribution is 2.46. The van der Waals surface area contributed by atoms with Crippen molar-refractivity contribution in [3.05, 3.63) is 36.0 Å². The Kier molecular flexibility index (Phi) is 13.0. The van der Waals surface area contributed by atoms with Gasteiger partial charge in [0.25, 0.3) is 5.91 Å². The van der Waals surface area contributed by atoms with Gasteiger partial charge in [0, 0.05) is 31.4 Å². The van der Waals surface area contributed by atoms with Crippen molar-refractivity contribution in [2.24, 2.45) is 17.8 Å². The topological polar surface area (TPSA) is 204 Å². The van der Waals surface area contributed by atoms with Crippen molar-refractivity contribution in [1.29, 1.82) is 0 Å². The Morgan fingerprint density at radius 3 is 2.35 bits per heavy atom. The van der Waals surface area contributed by atoms with Crippen molar-refractivity contribution < 1.29 is 72.9 Å². The summed E-state index contributed by atoms with van der Waals surface area (Å²) in [6.07, 6.45) is -8.67. The van der Waals surface area contributed by atoms with Crippen LogP contribution in [0, 0.1) is 17.8 Å². The Balaban J connectivity index is 1.41. The molecule has 1 aromatic heterocycles. The van der Waals surface area contributed by atoms with Gasteiger partial charge in [-0.15, -0.1) is 0 Å². The zero-order valence-corrected chi connectivity index (χ0v) is 35.2. The van der Waals surface area contributed by atoms with Gasteiger partial charge in [-0.3, -0.25) is 19.1 Å². The summed E-state index contributed by atoms with van der Waals surface area (Å²) in [6, 6.07) is 0.537. The van der Waals surface area contributed by atoms with E-state index < -0.39 is 117 Å². The lowest BCUT2D eigenvalue weighted by Gasteiger charge is -2.35. The Morgan fingerprint density at radius 1 is 1.02 bits per heavy atom. The SMILES string of the molecule is COC[C@@H]1C[C@H](C)CC/C=C\[C@@H]2C[C@@]2(C(=O)NS(=O)(=O)C2CC2)NC(=O)[C@@H]2C[C@@H](Oc3nc4cc(OC)ccc4nc3C(F)(F)F)CN2C(=O)[C@H]1NC(=O)OC(C)(C)C(F)(F)F. The van der Waals surface area contributed by atoms with E-state index in [1.54, 1.807) is 12.2 Å². The average molecular weight is 907 g/mol. The number of methoxy groups -OCH3 is 2. The van der Waals surface area contributed by atoms with Crippen LogP contribution in [0.3, 0.4) is 0 Å². The number of hydrogen-bond donors (Lipinski definition) is 3. The van der Waals surface area contributed by atoms with E-state index in [4.69, 9.17) is 18.9 Å². The first-order chi connectivity index (χ1) is 28.9. The van der Waals surface area contributed by atoms with Crippen LogP contribution in [0.1, 0.15) is 71.4 Å². The standard InChI is InChI=1S/C39H48F6N6O10S/c1-20-8-6-7-9-22-17-37(22,34(54)50-62(56,57)25-11-12-25)49-31(52)28-16-24(60-32-30(38(40,41)42)46-26-13-10-23(59-5)15-27(26)47-32)18-51(28)33(53)29(21(14-20)19-58-4)48-35(55)61-36(2,3)39(43,44)45/h7,9-10,13,15,20-22,24-25,28-29H,6,8,11-12,14,16-19H2,1-5H3,(H,48,55)(H,49,52)(H,50,54)/b9-7-/t20-,21+,22-,24-,28+,29+,37-/m1/s1. The number of carbonyl (C=O) groups is 4. The Morgan fingerprint density at radius 2 is 1.73 bits per heavy atom. The van der Waals surface area contributed by atoms with E-state index in [1.165, 1.54) is 32.4 Å². The number of fused-ring (bicyclic) bond motifs is 3. The molecule has 3 N–H and O–H groups in total. The molecule has 4 amide bonds. The minimum Gasteiger partial charge on any atom is -0.497 e. The van der Waals surface area contributed by atoms with Crippen LogP contribution in [0.5, 0.6) is 11.6 Å². The van der Waals surface area contributed by atoms with Gasteiger partial charge in [0.15, 0.2) is 0 Å². The first kappa shape index (κ1) is 46.6. The fourth-order valence-corrected chi connectivity index (χ4v) is 9.07. The molecule has 3 heterocycles. The number of benzene rings is 1. The predicted octanol–water partition coefficient (Wildman–Crippen LogP) is 4.56. The van der Waals surface area contributed by atoms with E-state index in [0.717, 1.165) is 4.90 Å². The van der Waals surface area contributed by atoms with Gasteiger partial charge in [0.2, 0.25) is 39.0 Å². The molecule has 342 valence electrons. The second-order valence-corrected chi connectivity index (χ2v) is 18.7. The molecule has 3 fully saturated rings. The molecule has 2 saturated carbocycles. The maximum absolute atomic E-state index is 14.9. The van der Waals surface area contributed by atoms with E-state index in [1.807, 2.05) is 6.92 Å². The third kappa shape index (κ3) is 10.1. The number of nitrogens with one attached hydrogen (secondary N) is 3. The predicted molar refractivity (Wildman–Crippen MR) is 206 cm³/mol. The maximum Gasteiger partial charge on any atom is 0.438 e. The van der Waals surface area contributed by atoms with Crippen LogP contribution in [-0.2, 0) is 40.1 Å². The molecule has 23 heteroatoms. The first-order valence-corrected chi connectivity index (χ1v) is 21.4. The molecule has 6 rings (SSSR count). The summed E-state index contributed by atoms with van der Waals surface area (Å²) in [5.41, 5.74) is -6.58. The molecule has 2 aromatic rings. The second-order valence-electron chi connectivity index (χ2n) is 16.7. The Bertz CT molecular complexity index is 2200. The molecule has 0 radical (unpaired) electrons. The van der Waals surface area contributed by atoms with E-state index in [9.17, 15) is 53.9 Å². The third-order valence-corrected chi connectivity index (χ3v) is 13.3. The van der Waals surface area contributed by atoms with Crippen molar-refractivity contribution in [1.82, 2.24) is 30.2 Å². The van der Waals surface area contributed by atoms with Gasteiger partial charge < -0.3 is 34.5 Å². The molecular weight excluding hydrogens is 859 g/mol. The van der Waals surface area contributed by atoms with Crippen LogP contribution in [0.25, 0.3) is 11.0 Å². The molecule has 0 spiro atoms. The number of hydrogen-bond acceptors (Lipinski definition) is 12. The number of ether oxygens (including phenoxy) is 4. The van der Waals surface area contributed by atoms with Gasteiger partial charge >= 0.3 is 18.4 Å². The van der Waals surface area contributed by atoms with Gasteiger partial charge in [-0.05, 0) is 70.4 Å². The minimum absolute atomic E-state index is 0.0383. The molecule has 2 aliphatic heterocycles. The molecule has 1 saturated heterocycles. The summed E-state index contributed by atoms with van der Waals surface area (Å²) < 4.78 is 134. The number of nitrogens with zero attached hydrogens (tertiary/aromatic N) is 3. The zero-order chi connectivity index (χ0) is 45.6. The highest BCUT2D eigenvalue weighted by molar-refractivity contribution is 7.91. The summed E-state index contributed by atoms with van der Waals surface area (Å²) in [6.45, 7) is 2.16. The molecule has 62 heavy (non-hydrogen) atoms. The third-order valence-electron chi connectivity index (χ3n) is 11.5. The zero-order valence-electron chi connectivity index (χ0n) is 34.4. The van der Waals surface area contributed by atoms with Gasteiger partial charge in [0.05, 0.1) is 36.5 Å². The quantitative estimate of drug-likeness (QED) is 0.222. The van der Waals surface area contributed by atoms with Gasteiger partial charge in [-0.25, -0.2) is 23.2 Å². The molecule has 2 aliphatic carbocycles. The number of amides is 4. The van der Waals surface area contributed by atoms with Crippen molar-refractivity contribution in [3.8, 4) is 11.6 Å². The van der Waals surface area contributed by atoms with E-state index in [-0.39, 0.29) is 42.1 Å². The fourth-order valence-electron chi connectivity index (χ4n) is 7.71. The van der Waals surface area contributed by atoms with Gasteiger partial charge in [0.1, 0.15) is 29.5 Å². The summed E-state index contributed by atoms with van der Waals surface area (Å²) in [5, 5.41) is 4.07. The number of alkyl carbamates (subject to hydrolysis) is 1. The lowest BCUT2D eigenvalue weighted by Crippen LogP contribution is -2.60. The number of alkyl halides is 6. The van der Waals surface area contributed by atoms with Crippen LogP contribution in [0.2, 0.25) is 0 Å². The number of carbonyl (C=O) groups excluding carboxylic acids is 4. The number of sulfonamides is 1. The van der Waals surface area contributed by atoms with E-state index >= 15 is 0 Å². The van der Waals surface area contributed by atoms with Crippen LogP contribution >= 0.6 is 0 Å². The smallest absolute Gasteiger partial charge is 0.438 e. The molecule has 0 bridgehead atoms. The largest absolute Gasteiger partial charge is 0.497 e. The summed E-state index contributed by atoms with van der Waals surface area (Å²) >= 11 is 0. The Labute approximate surface area is 352 Å². The molecule has 4 aliphatic rings. The van der Waals surface area contributed by atoms with E-state index in [0.29, 0.717) is 39.5 Å². The van der Waals surface area contributed by atoms with Crippen molar-refractivity contribution >= 4 is 44.9 Å².